The van der Waals surface area contributed by atoms with E-state index in [4.69, 9.17) is 25.6 Å². The van der Waals surface area contributed by atoms with Gasteiger partial charge in [0.05, 0.1) is 6.42 Å². The van der Waals surface area contributed by atoms with Gasteiger partial charge in [-0.1, -0.05) is 5.16 Å². The molecule has 7 N–H and O–H groups in total. The number of aliphatic carboxylic acids is 2. The molecule has 18 heteroatoms. The van der Waals surface area contributed by atoms with E-state index >= 15 is 0 Å². The van der Waals surface area contributed by atoms with Crippen LogP contribution in [0.3, 0.4) is 0 Å². The molecule has 3 rings (SSSR count). The number of carboxylic acid groups (broad SMARTS) is 2. The zero-order chi connectivity index (χ0) is 31.2. The van der Waals surface area contributed by atoms with Gasteiger partial charge >= 0.3 is 30.2 Å². The molecule has 0 radical (unpaired) electrons. The number of halogens is 3. The number of urea groups is 1. The molecule has 0 saturated carbocycles. The Balaban J connectivity index is 0.000000433. The molecule has 0 aromatic heterocycles. The monoisotopic (exact) mass is 591 g/mol. The number of anilines is 1. The first kappa shape index (κ1) is 34.4. The summed E-state index contributed by atoms with van der Waals surface area (Å²) in [6.45, 7) is 3.68. The summed E-state index contributed by atoms with van der Waals surface area (Å²) in [5.74, 6) is -3.45. The minimum absolute atomic E-state index is 0.0880. The molecule has 2 aliphatic heterocycles. The molecule has 1 aromatic rings. The molecular formula is C23H32F3N7O8. The lowest BCUT2D eigenvalue weighted by molar-refractivity contribution is -0.192. The number of hydrogen-bond donors (Lipinski definition) is 5. The van der Waals surface area contributed by atoms with Crippen molar-refractivity contribution >= 4 is 41.5 Å². The molecule has 2 heterocycles. The Bertz CT molecular complexity index is 1080. The number of likely N-dealkylation sites (N-methyl/N-ethyl adjacent to an activating group) is 1. The second-order valence-corrected chi connectivity index (χ2v) is 8.56. The van der Waals surface area contributed by atoms with Gasteiger partial charge in [0.2, 0.25) is 5.91 Å². The number of primary amides is 1. The van der Waals surface area contributed by atoms with Crippen molar-refractivity contribution in [2.75, 3.05) is 51.2 Å². The molecule has 41 heavy (non-hydrogen) atoms. The summed E-state index contributed by atoms with van der Waals surface area (Å²) in [5, 5.41) is 21.0. The van der Waals surface area contributed by atoms with Gasteiger partial charge in [0.15, 0.2) is 5.84 Å². The first-order chi connectivity index (χ1) is 19.1. The lowest BCUT2D eigenvalue weighted by Crippen LogP contribution is -2.47. The maximum atomic E-state index is 12.0. The lowest BCUT2D eigenvalue weighted by atomic mass is 10.2. The maximum Gasteiger partial charge on any atom is 0.490 e. The Morgan fingerprint density at radius 3 is 2.02 bits per heavy atom. The van der Waals surface area contributed by atoms with Crippen LogP contribution < -0.4 is 21.7 Å². The SMILES string of the molecule is CN1CCN(C(=O)O/N=C(\N)c2ccc(N3CCCC3=O)cc2)CC1.NC(=O)NCCC(=O)O.O=C(O)C(F)(F)F. The lowest BCUT2D eigenvalue weighted by Gasteiger charge is -2.30. The van der Waals surface area contributed by atoms with Crippen molar-refractivity contribution in [2.24, 2.45) is 16.6 Å². The van der Waals surface area contributed by atoms with Crippen LogP contribution >= 0.6 is 0 Å². The Labute approximate surface area is 232 Å². The Kier molecular flexibility index (Phi) is 13.8. The van der Waals surface area contributed by atoms with Crippen molar-refractivity contribution in [1.29, 1.82) is 0 Å². The number of carbonyl (C=O) groups excluding carboxylic acids is 3. The molecule has 0 unspecified atom stereocenters. The highest BCUT2D eigenvalue weighted by atomic mass is 19.4. The first-order valence-corrected chi connectivity index (χ1v) is 12.1. The number of carbonyl (C=O) groups is 5. The van der Waals surface area contributed by atoms with Crippen molar-refractivity contribution < 1.29 is 52.2 Å². The highest BCUT2D eigenvalue weighted by Gasteiger charge is 2.38. The number of amides is 4. The number of rotatable bonds is 6. The summed E-state index contributed by atoms with van der Waals surface area (Å²) in [5.41, 5.74) is 12.0. The zero-order valence-electron chi connectivity index (χ0n) is 22.1. The highest BCUT2D eigenvalue weighted by Crippen LogP contribution is 2.21. The number of oxime groups is 1. The van der Waals surface area contributed by atoms with Crippen LogP contribution in [-0.4, -0.2) is 108 Å². The molecule has 0 atom stereocenters. The number of hydrogen-bond acceptors (Lipinski definition) is 8. The summed E-state index contributed by atoms with van der Waals surface area (Å²) < 4.78 is 31.7. The van der Waals surface area contributed by atoms with Crippen molar-refractivity contribution in [3.63, 3.8) is 0 Å². The fourth-order valence-corrected chi connectivity index (χ4v) is 3.21. The average Bonchev–Trinajstić information content (AvgIpc) is 3.33. The van der Waals surface area contributed by atoms with Gasteiger partial charge in [0.1, 0.15) is 0 Å². The number of amidine groups is 1. The second-order valence-electron chi connectivity index (χ2n) is 8.56. The van der Waals surface area contributed by atoms with E-state index in [1.54, 1.807) is 21.9 Å². The van der Waals surface area contributed by atoms with Crippen molar-refractivity contribution in [2.45, 2.75) is 25.4 Å². The van der Waals surface area contributed by atoms with Gasteiger partial charge in [-0.3, -0.25) is 14.4 Å². The van der Waals surface area contributed by atoms with Gasteiger partial charge in [-0.05, 0) is 37.7 Å². The van der Waals surface area contributed by atoms with Crippen LogP contribution in [0.15, 0.2) is 29.4 Å². The van der Waals surface area contributed by atoms with Gasteiger partial charge in [0, 0.05) is 56.9 Å². The molecular weight excluding hydrogens is 559 g/mol. The molecule has 4 amide bonds. The number of benzene rings is 1. The fourth-order valence-electron chi connectivity index (χ4n) is 3.21. The third-order valence-corrected chi connectivity index (χ3v) is 5.41. The van der Waals surface area contributed by atoms with Gasteiger partial charge in [-0.2, -0.15) is 13.2 Å². The summed E-state index contributed by atoms with van der Waals surface area (Å²) >= 11 is 0. The second kappa shape index (κ2) is 16.5. The predicted octanol–water partition coefficient (Wildman–Crippen LogP) is 0.580. The molecule has 1 aromatic carbocycles. The molecule has 15 nitrogen and oxygen atoms in total. The molecule has 2 aliphatic rings. The first-order valence-electron chi connectivity index (χ1n) is 12.1. The normalized spacial score (nSPS) is 15.6. The van der Waals surface area contributed by atoms with E-state index in [0.717, 1.165) is 31.7 Å². The standard InChI is InChI=1S/C17H23N5O3.C4H8N2O3.C2HF3O2/c1-20-9-11-21(12-10-20)17(24)25-19-16(18)13-4-6-14(7-5-13)22-8-2-3-15(22)23;5-4(9)6-2-1-3(7)8;3-2(4,5)1(6)7/h4-7H,2-3,8-12H2,1H3,(H2,18,19);1-2H2,(H,7,8)(H3,5,6,9);(H,6,7). The third-order valence-electron chi connectivity index (χ3n) is 5.41. The number of carboxylic acids is 2. The van der Waals surface area contributed by atoms with E-state index < -0.39 is 30.2 Å². The van der Waals surface area contributed by atoms with E-state index in [2.05, 4.69) is 21.1 Å². The predicted molar refractivity (Wildman–Crippen MR) is 138 cm³/mol. The number of nitrogens with one attached hydrogen (secondary N) is 1. The summed E-state index contributed by atoms with van der Waals surface area (Å²) in [7, 11) is 2.01. The number of alkyl halides is 3. The van der Waals surface area contributed by atoms with Crippen LogP contribution in [0.1, 0.15) is 24.8 Å². The summed E-state index contributed by atoms with van der Waals surface area (Å²) in [6.07, 6.45) is -4.20. The summed E-state index contributed by atoms with van der Waals surface area (Å²) in [4.78, 5) is 62.8. The number of nitrogens with zero attached hydrogens (tertiary/aromatic N) is 4. The Morgan fingerprint density at radius 1 is 1.02 bits per heavy atom. The van der Waals surface area contributed by atoms with Gasteiger partial charge in [-0.25, -0.2) is 14.4 Å². The van der Waals surface area contributed by atoms with Crippen LogP contribution in [0.4, 0.5) is 28.4 Å². The van der Waals surface area contributed by atoms with Crippen LogP contribution in [0.5, 0.6) is 0 Å². The van der Waals surface area contributed by atoms with Gasteiger partial charge in [-0.15, -0.1) is 0 Å². The summed E-state index contributed by atoms with van der Waals surface area (Å²) in [6, 6.07) is 6.48. The molecule has 0 aliphatic carbocycles. The van der Waals surface area contributed by atoms with E-state index in [0.29, 0.717) is 25.1 Å². The largest absolute Gasteiger partial charge is 0.490 e. The minimum atomic E-state index is -5.08. The number of piperazine rings is 1. The van der Waals surface area contributed by atoms with Gasteiger partial charge in [0.25, 0.3) is 0 Å². The van der Waals surface area contributed by atoms with Crippen molar-refractivity contribution in [3.05, 3.63) is 29.8 Å². The van der Waals surface area contributed by atoms with E-state index in [1.165, 1.54) is 0 Å². The Hall–Kier alpha value is -4.61. The molecule has 0 spiro atoms. The molecule has 0 bridgehead atoms. The average molecular weight is 592 g/mol. The van der Waals surface area contributed by atoms with E-state index in [1.807, 2.05) is 19.2 Å². The zero-order valence-corrected chi connectivity index (χ0v) is 22.1. The molecule has 2 fully saturated rings. The molecule has 2 saturated heterocycles. The highest BCUT2D eigenvalue weighted by molar-refractivity contribution is 5.99. The van der Waals surface area contributed by atoms with E-state index in [-0.39, 0.29) is 24.7 Å². The maximum absolute atomic E-state index is 12.0. The smallest absolute Gasteiger partial charge is 0.481 e. The van der Waals surface area contributed by atoms with Crippen LogP contribution in [0.2, 0.25) is 0 Å². The van der Waals surface area contributed by atoms with Crippen molar-refractivity contribution in [1.82, 2.24) is 15.1 Å². The van der Waals surface area contributed by atoms with Crippen LogP contribution in [-0.2, 0) is 19.2 Å². The molecule has 228 valence electrons. The van der Waals surface area contributed by atoms with Crippen LogP contribution in [0.25, 0.3) is 0 Å². The van der Waals surface area contributed by atoms with Crippen LogP contribution in [0, 0.1) is 0 Å². The minimum Gasteiger partial charge on any atom is -0.481 e. The fraction of sp³-hybridized carbons (Fsp3) is 0.478. The quantitative estimate of drug-likeness (QED) is 0.134. The van der Waals surface area contributed by atoms with E-state index in [9.17, 15) is 32.3 Å². The number of nitrogens with two attached hydrogens (primary N) is 2. The van der Waals surface area contributed by atoms with Crippen molar-refractivity contribution in [3.8, 4) is 0 Å². The topological polar surface area (TPSA) is 221 Å². The Morgan fingerprint density at radius 2 is 1.59 bits per heavy atom. The third kappa shape index (κ3) is 13.3. The van der Waals surface area contributed by atoms with Gasteiger partial charge < -0.3 is 41.7 Å².